The third-order valence-electron chi connectivity index (χ3n) is 1.76. The molecule has 4 heteroatoms. The summed E-state index contributed by atoms with van der Waals surface area (Å²) in [5.74, 6) is 0. The number of hydrogen-bond donors (Lipinski definition) is 0. The molecule has 0 bridgehead atoms. The van der Waals surface area contributed by atoms with Crippen molar-refractivity contribution >= 4 is 7.60 Å². The molecule has 1 rings (SSSR count). The molecule has 0 atom stereocenters. The summed E-state index contributed by atoms with van der Waals surface area (Å²) in [7, 11) is -2.84. The molecule has 1 aliphatic rings. The molecule has 1 fully saturated rings. The van der Waals surface area contributed by atoms with Crippen molar-refractivity contribution in [2.45, 2.75) is 26.7 Å². The minimum Gasteiger partial charge on any atom is -0.303 e. The fourth-order valence-corrected chi connectivity index (χ4v) is 3.03. The van der Waals surface area contributed by atoms with Gasteiger partial charge in [-0.25, -0.2) is 0 Å². The van der Waals surface area contributed by atoms with Gasteiger partial charge in [-0.15, -0.1) is 0 Å². The molecule has 1 aliphatic heterocycles. The summed E-state index contributed by atoms with van der Waals surface area (Å²) >= 11 is 0. The zero-order chi connectivity index (χ0) is 9.03. The van der Waals surface area contributed by atoms with Crippen LogP contribution in [0.1, 0.15) is 26.7 Å². The van der Waals surface area contributed by atoms with Crippen molar-refractivity contribution < 1.29 is 13.6 Å². The van der Waals surface area contributed by atoms with E-state index >= 15 is 0 Å². The van der Waals surface area contributed by atoms with E-state index in [1.54, 1.807) is 0 Å². The lowest BCUT2D eigenvalue weighted by Crippen LogP contribution is -1.86. The summed E-state index contributed by atoms with van der Waals surface area (Å²) in [6, 6.07) is 0. The van der Waals surface area contributed by atoms with Gasteiger partial charge in [-0.3, -0.25) is 4.57 Å². The van der Waals surface area contributed by atoms with E-state index in [0.717, 1.165) is 18.2 Å². The highest BCUT2D eigenvalue weighted by Gasteiger charge is 2.33. The topological polar surface area (TPSA) is 35.5 Å². The molecule has 0 amide bonds. The Balaban J connectivity index is 2.77. The minimum atomic E-state index is -2.84. The van der Waals surface area contributed by atoms with Gasteiger partial charge in [0.1, 0.15) is 0 Å². The van der Waals surface area contributed by atoms with Crippen LogP contribution in [-0.2, 0) is 13.6 Å². The van der Waals surface area contributed by atoms with Gasteiger partial charge in [0.05, 0.1) is 13.2 Å². The Hall–Kier alpha value is -0.110. The molecule has 1 saturated heterocycles. The second-order valence-corrected chi connectivity index (χ2v) is 4.71. The molecule has 0 saturated carbocycles. The molecular formula is C8H15O3P. The monoisotopic (exact) mass is 190 g/mol. The van der Waals surface area contributed by atoms with Crippen molar-refractivity contribution in [2.75, 3.05) is 13.2 Å². The van der Waals surface area contributed by atoms with Gasteiger partial charge in [-0.05, 0) is 12.8 Å². The first kappa shape index (κ1) is 9.97. The molecule has 0 aromatic rings. The van der Waals surface area contributed by atoms with Crippen LogP contribution in [0.15, 0.2) is 11.4 Å². The molecule has 70 valence electrons. The zero-order valence-electron chi connectivity index (χ0n) is 7.58. The standard InChI is InChI=1S/C8H15O3P/c1-3-5-8(4-2)12(9)10-6-7-11-12/h5H,3-4,6-7H2,1-2H3/b8-5-. The van der Waals surface area contributed by atoms with E-state index in [1.807, 2.05) is 19.9 Å². The highest BCUT2D eigenvalue weighted by atomic mass is 31.2. The van der Waals surface area contributed by atoms with Crippen LogP contribution < -0.4 is 0 Å². The molecule has 0 radical (unpaired) electrons. The average molecular weight is 190 g/mol. The Kier molecular flexibility index (Phi) is 3.51. The van der Waals surface area contributed by atoms with Gasteiger partial charge in [0.2, 0.25) is 0 Å². The zero-order valence-corrected chi connectivity index (χ0v) is 8.47. The first-order valence-electron chi connectivity index (χ1n) is 4.31. The van der Waals surface area contributed by atoms with E-state index in [9.17, 15) is 4.57 Å². The van der Waals surface area contributed by atoms with E-state index in [1.165, 1.54) is 0 Å². The Morgan fingerprint density at radius 2 is 2.00 bits per heavy atom. The highest BCUT2D eigenvalue weighted by Crippen LogP contribution is 2.59. The summed E-state index contributed by atoms with van der Waals surface area (Å²) in [4.78, 5) is 0. The molecule has 0 spiro atoms. The van der Waals surface area contributed by atoms with E-state index in [0.29, 0.717) is 13.2 Å². The van der Waals surface area contributed by atoms with Crippen molar-refractivity contribution in [3.05, 3.63) is 11.4 Å². The van der Waals surface area contributed by atoms with Crippen molar-refractivity contribution in [3.8, 4) is 0 Å². The fourth-order valence-electron chi connectivity index (χ4n) is 1.20. The molecule has 3 nitrogen and oxygen atoms in total. The maximum absolute atomic E-state index is 11.8. The van der Waals surface area contributed by atoms with Gasteiger partial charge in [0.15, 0.2) is 0 Å². The van der Waals surface area contributed by atoms with Crippen molar-refractivity contribution in [3.63, 3.8) is 0 Å². The van der Waals surface area contributed by atoms with E-state index in [-0.39, 0.29) is 0 Å². The summed E-state index contributed by atoms with van der Waals surface area (Å²) in [6.45, 7) is 4.89. The summed E-state index contributed by atoms with van der Waals surface area (Å²) in [5.41, 5.74) is 0. The second kappa shape index (κ2) is 4.22. The van der Waals surface area contributed by atoms with E-state index in [2.05, 4.69) is 0 Å². The van der Waals surface area contributed by atoms with Crippen molar-refractivity contribution in [1.29, 1.82) is 0 Å². The van der Waals surface area contributed by atoms with E-state index in [4.69, 9.17) is 9.05 Å². The normalized spacial score (nSPS) is 23.0. The Morgan fingerprint density at radius 3 is 2.42 bits per heavy atom. The fraction of sp³-hybridized carbons (Fsp3) is 0.750. The lowest BCUT2D eigenvalue weighted by molar-refractivity contribution is 0.359. The molecule has 12 heavy (non-hydrogen) atoms. The predicted molar refractivity (Wildman–Crippen MR) is 48.2 cm³/mol. The van der Waals surface area contributed by atoms with Gasteiger partial charge < -0.3 is 9.05 Å². The van der Waals surface area contributed by atoms with Crippen LogP contribution in [0.4, 0.5) is 0 Å². The van der Waals surface area contributed by atoms with Crippen LogP contribution in [0.2, 0.25) is 0 Å². The molecule has 0 aliphatic carbocycles. The van der Waals surface area contributed by atoms with Gasteiger partial charge in [-0.2, -0.15) is 0 Å². The van der Waals surface area contributed by atoms with Crippen LogP contribution in [0.5, 0.6) is 0 Å². The number of rotatable bonds is 3. The SMILES string of the molecule is CC/C=C(/CC)P1(=O)OCCO1. The smallest absolute Gasteiger partial charge is 0.303 e. The number of hydrogen-bond acceptors (Lipinski definition) is 3. The van der Waals surface area contributed by atoms with Crippen LogP contribution in [-0.4, -0.2) is 13.2 Å². The average Bonchev–Trinajstić information content (AvgIpc) is 2.49. The quantitative estimate of drug-likeness (QED) is 0.642. The molecule has 1 heterocycles. The Labute approximate surface area is 73.3 Å². The Bertz CT molecular complexity index is 212. The van der Waals surface area contributed by atoms with E-state index < -0.39 is 7.60 Å². The predicted octanol–water partition coefficient (Wildman–Crippen LogP) is 2.93. The third kappa shape index (κ3) is 1.98. The van der Waals surface area contributed by atoms with Crippen molar-refractivity contribution in [1.82, 2.24) is 0 Å². The lowest BCUT2D eigenvalue weighted by Gasteiger charge is -2.11. The maximum atomic E-state index is 11.8. The minimum absolute atomic E-state index is 0.457. The first-order valence-corrected chi connectivity index (χ1v) is 5.86. The summed E-state index contributed by atoms with van der Waals surface area (Å²) < 4.78 is 22.0. The van der Waals surface area contributed by atoms with Crippen LogP contribution in [0, 0.1) is 0 Å². The lowest BCUT2D eigenvalue weighted by atomic mass is 10.3. The molecule has 0 N–H and O–H groups in total. The Morgan fingerprint density at radius 1 is 1.42 bits per heavy atom. The van der Waals surface area contributed by atoms with Crippen molar-refractivity contribution in [2.24, 2.45) is 0 Å². The molecule has 0 aromatic carbocycles. The molecule has 0 unspecified atom stereocenters. The third-order valence-corrected chi connectivity index (χ3v) is 4.01. The van der Waals surface area contributed by atoms with Gasteiger partial charge in [0.25, 0.3) is 0 Å². The first-order chi connectivity index (χ1) is 5.73. The van der Waals surface area contributed by atoms with Crippen LogP contribution >= 0.6 is 7.60 Å². The van der Waals surface area contributed by atoms with Gasteiger partial charge in [0, 0.05) is 5.31 Å². The summed E-state index contributed by atoms with van der Waals surface area (Å²) in [5, 5.41) is 0.822. The highest BCUT2D eigenvalue weighted by molar-refractivity contribution is 7.58. The van der Waals surface area contributed by atoms with Crippen LogP contribution in [0.3, 0.4) is 0 Å². The molecular weight excluding hydrogens is 175 g/mol. The number of allylic oxidation sites excluding steroid dienone is 2. The van der Waals surface area contributed by atoms with Gasteiger partial charge >= 0.3 is 7.60 Å². The largest absolute Gasteiger partial charge is 0.357 e. The van der Waals surface area contributed by atoms with Crippen LogP contribution in [0.25, 0.3) is 0 Å². The van der Waals surface area contributed by atoms with Gasteiger partial charge in [-0.1, -0.05) is 19.9 Å². The second-order valence-electron chi connectivity index (χ2n) is 2.62. The molecule has 0 aromatic heterocycles. The maximum Gasteiger partial charge on any atom is 0.357 e. The summed E-state index contributed by atoms with van der Waals surface area (Å²) in [6.07, 6.45) is 3.55.